The molecule has 2 rings (SSSR count). The lowest BCUT2D eigenvalue weighted by atomic mass is 9.97. The lowest BCUT2D eigenvalue weighted by Crippen LogP contribution is -2.31. The molecule has 1 aliphatic rings. The third-order valence-corrected chi connectivity index (χ3v) is 4.06. The van der Waals surface area contributed by atoms with Crippen LogP contribution >= 0.6 is 11.6 Å². The molecule has 3 nitrogen and oxygen atoms in total. The number of aliphatic hydroxyl groups is 1. The van der Waals surface area contributed by atoms with Crippen molar-refractivity contribution >= 4 is 17.5 Å². The van der Waals surface area contributed by atoms with E-state index in [4.69, 9.17) is 11.6 Å². The molecule has 0 bridgehead atoms. The van der Waals surface area contributed by atoms with E-state index in [-0.39, 0.29) is 29.0 Å². The van der Waals surface area contributed by atoms with Gasteiger partial charge in [0.15, 0.2) is 0 Å². The number of hydrogen-bond acceptors (Lipinski definition) is 2. The number of amides is 1. The van der Waals surface area contributed by atoms with Crippen LogP contribution in [0.3, 0.4) is 0 Å². The van der Waals surface area contributed by atoms with Gasteiger partial charge >= 0.3 is 0 Å². The Morgan fingerprint density at radius 3 is 2.84 bits per heavy atom. The molecule has 2 atom stereocenters. The molecule has 5 heteroatoms. The molecule has 2 unspecified atom stereocenters. The summed E-state index contributed by atoms with van der Waals surface area (Å²) >= 11 is 5.57. The maximum absolute atomic E-state index is 13.3. The lowest BCUT2D eigenvalue weighted by Gasteiger charge is -2.17. The van der Waals surface area contributed by atoms with Gasteiger partial charge in [-0.25, -0.2) is 4.39 Å². The zero-order valence-electron chi connectivity index (χ0n) is 10.5. The quantitative estimate of drug-likeness (QED) is 0.893. The SMILES string of the molecule is O=C(NCC1CCCC1CO)c1ccc(Cl)c(F)c1. The third-order valence-electron chi connectivity index (χ3n) is 3.76. The van der Waals surface area contributed by atoms with Crippen molar-refractivity contribution in [3.05, 3.63) is 34.6 Å². The highest BCUT2D eigenvalue weighted by molar-refractivity contribution is 6.30. The van der Waals surface area contributed by atoms with E-state index in [1.54, 1.807) is 0 Å². The Kier molecular flexibility index (Phi) is 4.77. The summed E-state index contributed by atoms with van der Waals surface area (Å²) in [6, 6.07) is 4.01. The Morgan fingerprint density at radius 1 is 1.42 bits per heavy atom. The first-order valence-corrected chi connectivity index (χ1v) is 6.83. The molecule has 1 amide bonds. The van der Waals surface area contributed by atoms with E-state index in [0.717, 1.165) is 25.3 Å². The van der Waals surface area contributed by atoms with Crippen LogP contribution in [-0.4, -0.2) is 24.2 Å². The van der Waals surface area contributed by atoms with Crippen molar-refractivity contribution in [3.63, 3.8) is 0 Å². The van der Waals surface area contributed by atoms with Crippen molar-refractivity contribution in [2.24, 2.45) is 11.8 Å². The second kappa shape index (κ2) is 6.35. The summed E-state index contributed by atoms with van der Waals surface area (Å²) in [6.45, 7) is 0.685. The average Bonchev–Trinajstić information content (AvgIpc) is 2.86. The molecule has 0 radical (unpaired) electrons. The van der Waals surface area contributed by atoms with E-state index < -0.39 is 5.82 Å². The molecule has 1 saturated carbocycles. The summed E-state index contributed by atoms with van der Waals surface area (Å²) in [7, 11) is 0. The fraction of sp³-hybridized carbons (Fsp3) is 0.500. The van der Waals surface area contributed by atoms with Gasteiger partial charge in [0.1, 0.15) is 5.82 Å². The van der Waals surface area contributed by atoms with E-state index in [0.29, 0.717) is 12.5 Å². The molecule has 0 aromatic heterocycles. The van der Waals surface area contributed by atoms with E-state index >= 15 is 0 Å². The predicted octanol–water partition coefficient (Wildman–Crippen LogP) is 2.62. The molecule has 0 saturated heterocycles. The summed E-state index contributed by atoms with van der Waals surface area (Å²) in [4.78, 5) is 11.9. The minimum absolute atomic E-state index is 0.00712. The van der Waals surface area contributed by atoms with Crippen LogP contribution in [0.15, 0.2) is 18.2 Å². The van der Waals surface area contributed by atoms with Gasteiger partial charge < -0.3 is 10.4 Å². The number of nitrogens with one attached hydrogen (secondary N) is 1. The molecule has 2 N–H and O–H groups in total. The van der Waals surface area contributed by atoms with E-state index in [2.05, 4.69) is 5.32 Å². The molecule has 1 fully saturated rings. The molecule has 1 aromatic rings. The van der Waals surface area contributed by atoms with Crippen LogP contribution in [0.2, 0.25) is 5.02 Å². The van der Waals surface area contributed by atoms with Gasteiger partial charge in [-0.15, -0.1) is 0 Å². The summed E-state index contributed by atoms with van der Waals surface area (Å²) in [5, 5.41) is 12.0. The van der Waals surface area contributed by atoms with Gasteiger partial charge in [0.05, 0.1) is 5.02 Å². The highest BCUT2D eigenvalue weighted by Gasteiger charge is 2.26. The largest absolute Gasteiger partial charge is 0.396 e. The average molecular weight is 286 g/mol. The van der Waals surface area contributed by atoms with Crippen molar-refractivity contribution in [2.45, 2.75) is 19.3 Å². The fourth-order valence-corrected chi connectivity index (χ4v) is 2.70. The van der Waals surface area contributed by atoms with Crippen molar-refractivity contribution in [3.8, 4) is 0 Å². The number of aliphatic hydroxyl groups excluding tert-OH is 1. The van der Waals surface area contributed by atoms with Crippen LogP contribution in [0.5, 0.6) is 0 Å². The van der Waals surface area contributed by atoms with Crippen molar-refractivity contribution in [1.82, 2.24) is 5.32 Å². The number of halogens is 2. The summed E-state index contributed by atoms with van der Waals surface area (Å²) in [5.41, 5.74) is 0.264. The third kappa shape index (κ3) is 3.45. The molecule has 1 aliphatic carbocycles. The summed E-state index contributed by atoms with van der Waals surface area (Å²) in [5.74, 6) is -0.323. The number of carbonyl (C=O) groups is 1. The highest BCUT2D eigenvalue weighted by Crippen LogP contribution is 2.30. The lowest BCUT2D eigenvalue weighted by molar-refractivity contribution is 0.0937. The maximum Gasteiger partial charge on any atom is 0.251 e. The first-order valence-electron chi connectivity index (χ1n) is 6.46. The smallest absolute Gasteiger partial charge is 0.251 e. The molecular weight excluding hydrogens is 269 g/mol. The van der Waals surface area contributed by atoms with E-state index in [9.17, 15) is 14.3 Å². The van der Waals surface area contributed by atoms with Crippen molar-refractivity contribution in [2.75, 3.05) is 13.2 Å². The Labute approximate surface area is 116 Å². The van der Waals surface area contributed by atoms with E-state index in [1.165, 1.54) is 12.1 Å². The first kappa shape index (κ1) is 14.3. The highest BCUT2D eigenvalue weighted by atomic mass is 35.5. The van der Waals surface area contributed by atoms with Gasteiger partial charge in [-0.2, -0.15) is 0 Å². The van der Waals surface area contributed by atoms with Crippen LogP contribution in [0, 0.1) is 17.7 Å². The van der Waals surface area contributed by atoms with Crippen molar-refractivity contribution < 1.29 is 14.3 Å². The predicted molar refractivity (Wildman–Crippen MR) is 71.7 cm³/mol. The molecule has 0 aliphatic heterocycles. The number of hydrogen-bond donors (Lipinski definition) is 2. The van der Waals surface area contributed by atoms with Gasteiger partial charge in [0.2, 0.25) is 0 Å². The number of rotatable bonds is 4. The fourth-order valence-electron chi connectivity index (χ4n) is 2.59. The van der Waals surface area contributed by atoms with Gasteiger partial charge in [-0.1, -0.05) is 18.0 Å². The molecule has 19 heavy (non-hydrogen) atoms. The minimum atomic E-state index is -0.594. The van der Waals surface area contributed by atoms with Crippen LogP contribution in [0.4, 0.5) is 4.39 Å². The summed E-state index contributed by atoms with van der Waals surface area (Å²) < 4.78 is 13.3. The van der Waals surface area contributed by atoms with Gasteiger partial charge in [0.25, 0.3) is 5.91 Å². The zero-order chi connectivity index (χ0) is 13.8. The molecule has 1 aromatic carbocycles. The monoisotopic (exact) mass is 285 g/mol. The Balaban J connectivity index is 1.92. The normalized spacial score (nSPS) is 22.5. The van der Waals surface area contributed by atoms with E-state index in [1.807, 2.05) is 0 Å². The molecule has 104 valence electrons. The molecule has 0 spiro atoms. The van der Waals surface area contributed by atoms with Crippen LogP contribution in [0.1, 0.15) is 29.6 Å². The van der Waals surface area contributed by atoms with Gasteiger partial charge in [0, 0.05) is 18.7 Å². The first-order chi connectivity index (χ1) is 9.11. The standard InChI is InChI=1S/C14H17ClFNO2/c15-12-5-4-9(6-13(12)16)14(19)17-7-10-2-1-3-11(10)8-18/h4-6,10-11,18H,1-3,7-8H2,(H,17,19). The topological polar surface area (TPSA) is 49.3 Å². The van der Waals surface area contributed by atoms with Crippen LogP contribution in [0.25, 0.3) is 0 Å². The maximum atomic E-state index is 13.3. The second-order valence-corrected chi connectivity index (χ2v) is 5.38. The second-order valence-electron chi connectivity index (χ2n) is 4.97. The Hall–Kier alpha value is -1.13. The van der Waals surface area contributed by atoms with Crippen LogP contribution in [-0.2, 0) is 0 Å². The Bertz CT molecular complexity index is 467. The summed E-state index contributed by atoms with van der Waals surface area (Å²) in [6.07, 6.45) is 3.11. The van der Waals surface area contributed by atoms with Gasteiger partial charge in [-0.3, -0.25) is 4.79 Å². The van der Waals surface area contributed by atoms with Crippen LogP contribution < -0.4 is 5.32 Å². The number of carbonyl (C=O) groups excluding carboxylic acids is 1. The Morgan fingerprint density at radius 2 is 2.16 bits per heavy atom. The molecule has 0 heterocycles. The minimum Gasteiger partial charge on any atom is -0.396 e. The van der Waals surface area contributed by atoms with Crippen molar-refractivity contribution in [1.29, 1.82) is 0 Å². The zero-order valence-corrected chi connectivity index (χ0v) is 11.3. The molecular formula is C14H17ClFNO2. The number of benzene rings is 1. The van der Waals surface area contributed by atoms with Gasteiger partial charge in [-0.05, 0) is 42.9 Å².